The Morgan fingerprint density at radius 2 is 1.46 bits per heavy atom. The Morgan fingerprint density at radius 1 is 0.878 bits per heavy atom. The number of allylic oxidation sites excluding steroid dienone is 10. The first-order valence-corrected chi connectivity index (χ1v) is 14.5. The van der Waals surface area contributed by atoms with Crippen LogP contribution < -0.4 is 10.1 Å². The van der Waals surface area contributed by atoms with Crippen molar-refractivity contribution in [2.45, 2.75) is 92.9 Å². The molecule has 224 valence electrons. The minimum absolute atomic E-state index is 0.215. The van der Waals surface area contributed by atoms with E-state index < -0.39 is 12.5 Å². The van der Waals surface area contributed by atoms with Crippen molar-refractivity contribution in [3.05, 3.63) is 76.6 Å². The fourth-order valence-corrected chi connectivity index (χ4v) is 4.75. The number of aromatic nitrogens is 1. The number of hydrogen-bond acceptors (Lipinski definition) is 5. The molecule has 0 unspecified atom stereocenters. The van der Waals surface area contributed by atoms with Crippen molar-refractivity contribution in [2.75, 3.05) is 5.32 Å². The minimum Gasteiger partial charge on any atom is -0.415 e. The summed E-state index contributed by atoms with van der Waals surface area (Å²) in [5.74, 6) is 0.0914. The molecule has 0 spiro atoms. The Morgan fingerprint density at radius 3 is 2.05 bits per heavy atom. The summed E-state index contributed by atoms with van der Waals surface area (Å²) in [4.78, 5) is 16.4. The molecular formula is C32H41F3N2O3S. The van der Waals surface area contributed by atoms with Gasteiger partial charge in [0.25, 0.3) is 0 Å². The summed E-state index contributed by atoms with van der Waals surface area (Å²) in [6.07, 6.45) is 12.4. The summed E-state index contributed by atoms with van der Waals surface area (Å²) in [5, 5.41) is 2.73. The first-order valence-electron chi connectivity index (χ1n) is 13.7. The van der Waals surface area contributed by atoms with Gasteiger partial charge in [0.2, 0.25) is 0 Å². The SMILES string of the molecule is CC(C)=CCC/C(C)=C/CC/C(C)=C/CC/C(C)=C/C/C=C(\C)OC(=O)Nc1nc2ccc(OC(F)(F)F)cc2s1. The number of hydrogen-bond donors (Lipinski definition) is 1. The lowest BCUT2D eigenvalue weighted by atomic mass is 10.0. The van der Waals surface area contributed by atoms with E-state index in [0.717, 1.165) is 49.9 Å². The highest BCUT2D eigenvalue weighted by Crippen LogP contribution is 2.31. The van der Waals surface area contributed by atoms with E-state index in [1.165, 1.54) is 40.5 Å². The van der Waals surface area contributed by atoms with Crippen molar-refractivity contribution < 1.29 is 27.4 Å². The smallest absolute Gasteiger partial charge is 0.415 e. The molecule has 0 aliphatic carbocycles. The highest BCUT2D eigenvalue weighted by Gasteiger charge is 2.31. The fourth-order valence-electron chi connectivity index (χ4n) is 3.87. The van der Waals surface area contributed by atoms with Crippen LogP contribution in [0.1, 0.15) is 86.5 Å². The molecule has 0 aliphatic heterocycles. The Hall–Kier alpha value is -3.33. The van der Waals surface area contributed by atoms with Gasteiger partial charge in [-0.1, -0.05) is 57.9 Å². The predicted octanol–water partition coefficient (Wildman–Crippen LogP) is 11.2. The molecule has 1 aromatic heterocycles. The average Bonchev–Trinajstić information content (AvgIpc) is 3.23. The molecule has 5 nitrogen and oxygen atoms in total. The number of alkyl halides is 3. The Labute approximate surface area is 245 Å². The average molecular weight is 591 g/mol. The van der Waals surface area contributed by atoms with E-state index >= 15 is 0 Å². The molecule has 9 heteroatoms. The Balaban J connectivity index is 1.73. The van der Waals surface area contributed by atoms with Crippen LogP contribution in [0.15, 0.2) is 76.6 Å². The van der Waals surface area contributed by atoms with Crippen LogP contribution in [0.3, 0.4) is 0 Å². The standard InChI is InChI=1S/C32H41F3N2O3S/c1-22(2)11-7-12-23(3)13-8-14-24(4)15-9-16-25(5)17-10-18-26(6)39-31(38)37-30-36-28-20-19-27(21-29(28)41-30)40-32(33,34)35/h11,13,15,17-21H,7-10,12,14,16H2,1-6H3,(H,36,37,38)/b23-13+,24-15+,25-17+,26-18+. The molecule has 1 amide bonds. The van der Waals surface area contributed by atoms with Gasteiger partial charge in [-0.3, -0.25) is 5.32 Å². The van der Waals surface area contributed by atoms with Crippen molar-refractivity contribution >= 4 is 32.8 Å². The van der Waals surface area contributed by atoms with Crippen LogP contribution in [-0.2, 0) is 4.74 Å². The van der Waals surface area contributed by atoms with Crippen molar-refractivity contribution in [2.24, 2.45) is 0 Å². The number of amides is 1. The zero-order chi connectivity index (χ0) is 30.4. The molecule has 0 saturated heterocycles. The van der Waals surface area contributed by atoms with Gasteiger partial charge < -0.3 is 9.47 Å². The fraction of sp³-hybridized carbons (Fsp3) is 0.438. The van der Waals surface area contributed by atoms with E-state index in [9.17, 15) is 18.0 Å². The minimum atomic E-state index is -4.78. The van der Waals surface area contributed by atoms with Crippen LogP contribution >= 0.6 is 11.3 Å². The quantitative estimate of drug-likeness (QED) is 0.176. The molecule has 2 aromatic rings. The number of rotatable bonds is 14. The first kappa shape index (κ1) is 33.9. The van der Waals surface area contributed by atoms with Crippen LogP contribution in [0.4, 0.5) is 23.1 Å². The van der Waals surface area contributed by atoms with Crippen LogP contribution in [-0.4, -0.2) is 17.4 Å². The van der Waals surface area contributed by atoms with Gasteiger partial charge in [-0.2, -0.15) is 0 Å². The number of fused-ring (bicyclic) bond motifs is 1. The van der Waals surface area contributed by atoms with Crippen LogP contribution in [0, 0.1) is 0 Å². The van der Waals surface area contributed by atoms with Gasteiger partial charge in [-0.05, 0) is 105 Å². The van der Waals surface area contributed by atoms with E-state index in [-0.39, 0.29) is 10.9 Å². The molecule has 0 radical (unpaired) electrons. The molecule has 1 heterocycles. The zero-order valence-electron chi connectivity index (χ0n) is 24.8. The highest BCUT2D eigenvalue weighted by atomic mass is 32.1. The number of anilines is 1. The van der Waals surface area contributed by atoms with Gasteiger partial charge in [0.1, 0.15) is 11.5 Å². The largest absolute Gasteiger partial charge is 0.573 e. The Bertz CT molecular complexity index is 1310. The monoisotopic (exact) mass is 590 g/mol. The maximum Gasteiger partial charge on any atom is 0.573 e. The molecule has 2 rings (SSSR count). The first-order chi connectivity index (χ1) is 19.3. The lowest BCUT2D eigenvalue weighted by molar-refractivity contribution is -0.274. The van der Waals surface area contributed by atoms with Crippen molar-refractivity contribution in [1.82, 2.24) is 4.98 Å². The van der Waals surface area contributed by atoms with Crippen molar-refractivity contribution in [3.8, 4) is 5.75 Å². The summed E-state index contributed by atoms with van der Waals surface area (Å²) in [5.41, 5.74) is 5.94. The van der Waals surface area contributed by atoms with Gasteiger partial charge in [0.05, 0.1) is 10.2 Å². The molecule has 41 heavy (non-hydrogen) atoms. The van der Waals surface area contributed by atoms with E-state index in [1.807, 2.05) is 6.08 Å². The molecule has 0 aliphatic rings. The normalized spacial score (nSPS) is 13.4. The molecule has 1 aromatic carbocycles. The Kier molecular flexibility index (Phi) is 13.9. The number of nitrogens with zero attached hydrogens (tertiary/aromatic N) is 1. The number of thiazole rings is 1. The third kappa shape index (κ3) is 14.7. The summed E-state index contributed by atoms with van der Waals surface area (Å²) in [6.45, 7) is 12.4. The molecular weight excluding hydrogens is 549 g/mol. The van der Waals surface area contributed by atoms with Gasteiger partial charge in [0.15, 0.2) is 5.13 Å². The lowest BCUT2D eigenvalue weighted by Crippen LogP contribution is -2.16. The maximum absolute atomic E-state index is 12.4. The third-order valence-electron chi connectivity index (χ3n) is 6.08. The second kappa shape index (κ2) is 16.8. The molecule has 0 atom stereocenters. The topological polar surface area (TPSA) is 60.5 Å². The number of benzene rings is 1. The number of carbonyl (C=O) groups excluding carboxylic acids is 1. The third-order valence-corrected chi connectivity index (χ3v) is 7.02. The van der Waals surface area contributed by atoms with E-state index in [0.29, 0.717) is 22.4 Å². The summed E-state index contributed by atoms with van der Waals surface area (Å²) in [6, 6.07) is 3.79. The summed E-state index contributed by atoms with van der Waals surface area (Å²) < 4.78 is 46.9. The highest BCUT2D eigenvalue weighted by molar-refractivity contribution is 7.22. The number of nitrogens with one attached hydrogen (secondary N) is 1. The number of ether oxygens (including phenoxy) is 2. The second-order valence-corrected chi connectivity index (χ2v) is 11.3. The van der Waals surface area contributed by atoms with Crippen LogP contribution in [0.5, 0.6) is 5.75 Å². The molecule has 0 bridgehead atoms. The second-order valence-electron chi connectivity index (χ2n) is 10.3. The van der Waals surface area contributed by atoms with Gasteiger partial charge in [0, 0.05) is 6.07 Å². The number of carbonyl (C=O) groups is 1. The molecule has 0 fully saturated rings. The van der Waals surface area contributed by atoms with E-state index in [4.69, 9.17) is 4.74 Å². The lowest BCUT2D eigenvalue weighted by Gasteiger charge is -2.07. The van der Waals surface area contributed by atoms with Crippen LogP contribution in [0.25, 0.3) is 10.2 Å². The van der Waals surface area contributed by atoms with E-state index in [2.05, 4.69) is 74.0 Å². The maximum atomic E-state index is 12.4. The van der Waals surface area contributed by atoms with Crippen molar-refractivity contribution in [1.29, 1.82) is 0 Å². The summed E-state index contributed by atoms with van der Waals surface area (Å²) in [7, 11) is 0. The van der Waals surface area contributed by atoms with Crippen molar-refractivity contribution in [3.63, 3.8) is 0 Å². The van der Waals surface area contributed by atoms with Gasteiger partial charge in [-0.15, -0.1) is 13.2 Å². The van der Waals surface area contributed by atoms with E-state index in [1.54, 1.807) is 6.92 Å². The van der Waals surface area contributed by atoms with Gasteiger partial charge in [-0.25, -0.2) is 9.78 Å². The summed E-state index contributed by atoms with van der Waals surface area (Å²) >= 11 is 1.02. The molecule has 0 saturated carbocycles. The van der Waals surface area contributed by atoms with Crippen LogP contribution in [0.2, 0.25) is 0 Å². The zero-order valence-corrected chi connectivity index (χ0v) is 25.6. The predicted molar refractivity (Wildman–Crippen MR) is 163 cm³/mol. The molecule has 1 N–H and O–H groups in total. The number of halogens is 3. The van der Waals surface area contributed by atoms with Gasteiger partial charge >= 0.3 is 12.5 Å².